The van der Waals surface area contributed by atoms with Crippen LogP contribution in [-0.2, 0) is 24.8 Å². The van der Waals surface area contributed by atoms with Crippen molar-refractivity contribution in [2.75, 3.05) is 0 Å². The van der Waals surface area contributed by atoms with Crippen molar-refractivity contribution in [2.45, 2.75) is 19.9 Å². The zero-order valence-electron chi connectivity index (χ0n) is 8.58. The number of rotatable bonds is 4. The van der Waals surface area contributed by atoms with Gasteiger partial charge in [0.1, 0.15) is 0 Å². The minimum Gasteiger partial charge on any atom is -0.348 e. The molecule has 76 valence electrons. The van der Waals surface area contributed by atoms with Crippen LogP contribution < -0.4 is 5.32 Å². The smallest absolute Gasteiger partial charge is 0.243 e. The average molecular weight is 193 g/mol. The van der Waals surface area contributed by atoms with Crippen molar-refractivity contribution in [3.8, 4) is 0 Å². The second kappa shape index (κ2) is 4.60. The standard InChI is InChI=1S/C10H15N3O/c1-4-9-8(7-13(3)12-9)6-11-10(14)5-2/h5,7H,2,4,6H2,1,3H3,(H,11,14). The lowest BCUT2D eigenvalue weighted by Gasteiger charge is -2.00. The molecule has 14 heavy (non-hydrogen) atoms. The quantitative estimate of drug-likeness (QED) is 0.718. The molecule has 0 saturated carbocycles. The van der Waals surface area contributed by atoms with Crippen molar-refractivity contribution >= 4 is 5.91 Å². The summed E-state index contributed by atoms with van der Waals surface area (Å²) in [6, 6.07) is 0. The van der Waals surface area contributed by atoms with E-state index < -0.39 is 0 Å². The van der Waals surface area contributed by atoms with Gasteiger partial charge in [0, 0.05) is 25.4 Å². The van der Waals surface area contributed by atoms with Crippen LogP contribution in [0.1, 0.15) is 18.2 Å². The zero-order valence-corrected chi connectivity index (χ0v) is 8.58. The van der Waals surface area contributed by atoms with E-state index in [1.54, 1.807) is 4.68 Å². The first-order valence-electron chi connectivity index (χ1n) is 4.59. The van der Waals surface area contributed by atoms with Gasteiger partial charge in [-0.05, 0) is 12.5 Å². The molecule has 0 spiro atoms. The first kappa shape index (κ1) is 10.5. The number of hydrogen-bond donors (Lipinski definition) is 1. The third-order valence-electron chi connectivity index (χ3n) is 1.97. The fraction of sp³-hybridized carbons (Fsp3) is 0.400. The third kappa shape index (κ3) is 2.45. The monoisotopic (exact) mass is 193 g/mol. The summed E-state index contributed by atoms with van der Waals surface area (Å²) in [4.78, 5) is 10.9. The maximum atomic E-state index is 10.9. The minimum atomic E-state index is -0.157. The lowest BCUT2D eigenvalue weighted by molar-refractivity contribution is -0.116. The summed E-state index contributed by atoms with van der Waals surface area (Å²) in [6.07, 6.45) is 4.06. The summed E-state index contributed by atoms with van der Waals surface area (Å²) < 4.78 is 1.76. The largest absolute Gasteiger partial charge is 0.348 e. The number of aryl methyl sites for hydroxylation is 2. The predicted octanol–water partition coefficient (Wildman–Crippen LogP) is 0.785. The van der Waals surface area contributed by atoms with E-state index in [-0.39, 0.29) is 5.91 Å². The molecule has 0 atom stereocenters. The molecule has 0 saturated heterocycles. The number of carbonyl (C=O) groups is 1. The molecule has 0 aromatic carbocycles. The van der Waals surface area contributed by atoms with Crippen LogP contribution in [0.25, 0.3) is 0 Å². The molecule has 0 radical (unpaired) electrons. The Balaban J connectivity index is 2.65. The Hall–Kier alpha value is -1.58. The van der Waals surface area contributed by atoms with Crippen LogP contribution >= 0.6 is 0 Å². The van der Waals surface area contributed by atoms with Gasteiger partial charge >= 0.3 is 0 Å². The van der Waals surface area contributed by atoms with Crippen LogP contribution in [0.15, 0.2) is 18.9 Å². The van der Waals surface area contributed by atoms with Crippen LogP contribution in [0.5, 0.6) is 0 Å². The summed E-state index contributed by atoms with van der Waals surface area (Å²) in [7, 11) is 1.87. The number of carbonyl (C=O) groups excluding carboxylic acids is 1. The van der Waals surface area contributed by atoms with Gasteiger partial charge in [0.15, 0.2) is 0 Å². The van der Waals surface area contributed by atoms with Crippen LogP contribution in [0, 0.1) is 0 Å². The van der Waals surface area contributed by atoms with E-state index in [1.165, 1.54) is 6.08 Å². The average Bonchev–Trinajstić information content (AvgIpc) is 2.55. The van der Waals surface area contributed by atoms with Gasteiger partial charge < -0.3 is 5.32 Å². The highest BCUT2D eigenvalue weighted by molar-refractivity contribution is 5.86. The number of aromatic nitrogens is 2. The first-order valence-corrected chi connectivity index (χ1v) is 4.59. The Morgan fingerprint density at radius 2 is 2.50 bits per heavy atom. The van der Waals surface area contributed by atoms with Crippen molar-refractivity contribution in [2.24, 2.45) is 7.05 Å². The maximum Gasteiger partial charge on any atom is 0.243 e. The summed E-state index contributed by atoms with van der Waals surface area (Å²) in [5.74, 6) is -0.157. The molecular weight excluding hydrogens is 178 g/mol. The van der Waals surface area contributed by atoms with Gasteiger partial charge in [-0.1, -0.05) is 13.5 Å². The molecule has 1 aromatic rings. The second-order valence-electron chi connectivity index (χ2n) is 3.05. The molecule has 1 N–H and O–H groups in total. The van der Waals surface area contributed by atoms with Gasteiger partial charge in [0.25, 0.3) is 0 Å². The summed E-state index contributed by atoms with van der Waals surface area (Å²) in [5, 5.41) is 7.00. The van der Waals surface area contributed by atoms with Crippen LogP contribution in [0.4, 0.5) is 0 Å². The molecule has 1 heterocycles. The Kier molecular flexibility index (Phi) is 3.45. The molecule has 0 unspecified atom stereocenters. The molecule has 0 aliphatic carbocycles. The molecule has 1 aromatic heterocycles. The van der Waals surface area contributed by atoms with Gasteiger partial charge in [-0.3, -0.25) is 9.48 Å². The Labute approximate surface area is 83.6 Å². The molecule has 4 heteroatoms. The molecule has 0 aliphatic rings. The van der Waals surface area contributed by atoms with Gasteiger partial charge in [-0.25, -0.2) is 0 Å². The second-order valence-corrected chi connectivity index (χ2v) is 3.05. The van der Waals surface area contributed by atoms with Crippen LogP contribution in [0.2, 0.25) is 0 Å². The molecular formula is C10H15N3O. The summed E-state index contributed by atoms with van der Waals surface area (Å²) >= 11 is 0. The topological polar surface area (TPSA) is 46.9 Å². The van der Waals surface area contributed by atoms with Crippen molar-refractivity contribution < 1.29 is 4.79 Å². The van der Waals surface area contributed by atoms with Crippen LogP contribution in [-0.4, -0.2) is 15.7 Å². The van der Waals surface area contributed by atoms with E-state index in [4.69, 9.17) is 0 Å². The minimum absolute atomic E-state index is 0.157. The number of amides is 1. The van der Waals surface area contributed by atoms with E-state index in [0.717, 1.165) is 17.7 Å². The SMILES string of the molecule is C=CC(=O)NCc1cn(C)nc1CC. The highest BCUT2D eigenvalue weighted by Gasteiger charge is 2.05. The maximum absolute atomic E-state index is 10.9. The van der Waals surface area contributed by atoms with Gasteiger partial charge in [0.05, 0.1) is 5.69 Å². The van der Waals surface area contributed by atoms with E-state index in [1.807, 2.05) is 20.2 Å². The van der Waals surface area contributed by atoms with Crippen molar-refractivity contribution in [1.82, 2.24) is 15.1 Å². The molecule has 0 aliphatic heterocycles. The van der Waals surface area contributed by atoms with E-state index in [9.17, 15) is 4.79 Å². The summed E-state index contributed by atoms with van der Waals surface area (Å²) in [5.41, 5.74) is 2.09. The normalized spacial score (nSPS) is 9.86. The van der Waals surface area contributed by atoms with E-state index >= 15 is 0 Å². The Morgan fingerprint density at radius 3 is 3.07 bits per heavy atom. The lowest BCUT2D eigenvalue weighted by atomic mass is 10.2. The van der Waals surface area contributed by atoms with Crippen molar-refractivity contribution in [1.29, 1.82) is 0 Å². The Bertz CT molecular complexity index is 341. The van der Waals surface area contributed by atoms with Crippen molar-refractivity contribution in [3.63, 3.8) is 0 Å². The van der Waals surface area contributed by atoms with Gasteiger partial charge in [-0.15, -0.1) is 0 Å². The lowest BCUT2D eigenvalue weighted by Crippen LogP contribution is -2.20. The molecule has 0 bridgehead atoms. The van der Waals surface area contributed by atoms with E-state index in [0.29, 0.717) is 6.54 Å². The first-order chi connectivity index (χ1) is 6.67. The number of nitrogens with one attached hydrogen (secondary N) is 1. The molecule has 0 fully saturated rings. The zero-order chi connectivity index (χ0) is 10.6. The fourth-order valence-electron chi connectivity index (χ4n) is 1.28. The Morgan fingerprint density at radius 1 is 1.79 bits per heavy atom. The highest BCUT2D eigenvalue weighted by atomic mass is 16.1. The number of hydrogen-bond acceptors (Lipinski definition) is 2. The van der Waals surface area contributed by atoms with Crippen LogP contribution in [0.3, 0.4) is 0 Å². The number of nitrogens with zero attached hydrogens (tertiary/aromatic N) is 2. The van der Waals surface area contributed by atoms with E-state index in [2.05, 4.69) is 17.0 Å². The predicted molar refractivity (Wildman–Crippen MR) is 54.6 cm³/mol. The third-order valence-corrected chi connectivity index (χ3v) is 1.97. The summed E-state index contributed by atoms with van der Waals surface area (Å²) in [6.45, 7) is 5.95. The van der Waals surface area contributed by atoms with Gasteiger partial charge in [0.2, 0.25) is 5.91 Å². The molecule has 4 nitrogen and oxygen atoms in total. The highest BCUT2D eigenvalue weighted by Crippen LogP contribution is 2.06. The van der Waals surface area contributed by atoms with Gasteiger partial charge in [-0.2, -0.15) is 5.10 Å². The molecule has 1 rings (SSSR count). The van der Waals surface area contributed by atoms with Crippen molar-refractivity contribution in [3.05, 3.63) is 30.1 Å². The molecule has 1 amide bonds. The fourth-order valence-corrected chi connectivity index (χ4v) is 1.28.